The molecule has 2 atom stereocenters. The third-order valence-electron chi connectivity index (χ3n) is 3.77. The van der Waals surface area contributed by atoms with Gasteiger partial charge in [-0.3, -0.25) is 4.79 Å². The Hall–Kier alpha value is -0.830. The fourth-order valence-electron chi connectivity index (χ4n) is 2.79. The highest BCUT2D eigenvalue weighted by Gasteiger charge is 2.37. The van der Waals surface area contributed by atoms with Gasteiger partial charge in [0.1, 0.15) is 5.69 Å². The number of hydrogen-bond acceptors (Lipinski definition) is 6. The molecule has 5 nitrogen and oxygen atoms in total. The largest absolute Gasteiger partial charge is 0.463 e. The molecule has 1 aromatic heterocycles. The number of carbonyl (C=O) groups is 1. The number of carbonyl (C=O) groups excluding carboxylic acids is 1. The Labute approximate surface area is 153 Å². The Morgan fingerprint density at radius 3 is 3.04 bits per heavy atom. The van der Waals surface area contributed by atoms with Gasteiger partial charge in [-0.05, 0) is 38.1 Å². The molecule has 2 unspecified atom stereocenters. The number of nitrogens with one attached hydrogen (secondary N) is 1. The van der Waals surface area contributed by atoms with E-state index in [9.17, 15) is 9.18 Å². The van der Waals surface area contributed by atoms with Crippen LogP contribution in [0.2, 0.25) is 5.02 Å². The molecule has 2 aliphatic heterocycles. The lowest BCUT2D eigenvalue weighted by Gasteiger charge is -2.15. The predicted octanol–water partition coefficient (Wildman–Crippen LogP) is 3.94. The van der Waals surface area contributed by atoms with Crippen molar-refractivity contribution in [1.29, 1.82) is 0 Å². The smallest absolute Gasteiger partial charge is 0.311 e. The Balaban J connectivity index is 1.80. The Bertz CT molecular complexity index is 680. The second kappa shape index (κ2) is 7.19. The van der Waals surface area contributed by atoms with Crippen LogP contribution in [0.5, 0.6) is 0 Å². The van der Waals surface area contributed by atoms with Crippen molar-refractivity contribution in [2.75, 3.05) is 6.54 Å². The SMILES string of the molecule is CC1CC2NSC(=Nc3c(F)sc(CC(=O)OC(C)C)c3Cl)N2C1. The first kappa shape index (κ1) is 18.0. The fraction of sp³-hybridized carbons (Fsp3) is 0.600. The molecule has 0 spiro atoms. The standard InChI is InChI=1S/C15H19ClFN3O2S2/c1-7(2)22-11(21)5-9-12(16)13(14(17)23-9)18-15-20-6-8(3)4-10(20)19-24-15/h7-8,10,19H,4-6H2,1-3H3. The molecule has 0 aliphatic carbocycles. The maximum atomic E-state index is 14.3. The van der Waals surface area contributed by atoms with Crippen molar-refractivity contribution < 1.29 is 13.9 Å². The molecule has 24 heavy (non-hydrogen) atoms. The average Bonchev–Trinajstić information content (AvgIpc) is 3.08. The molecule has 0 radical (unpaired) electrons. The van der Waals surface area contributed by atoms with Gasteiger partial charge in [-0.15, -0.1) is 11.3 Å². The van der Waals surface area contributed by atoms with Gasteiger partial charge in [0.15, 0.2) is 5.17 Å². The number of ether oxygens (including phenoxy) is 1. The summed E-state index contributed by atoms with van der Waals surface area (Å²) in [6.45, 7) is 6.60. The molecule has 9 heteroatoms. The van der Waals surface area contributed by atoms with Gasteiger partial charge in [0, 0.05) is 11.4 Å². The number of halogens is 2. The van der Waals surface area contributed by atoms with Crippen LogP contribution in [0, 0.1) is 11.0 Å². The highest BCUT2D eigenvalue weighted by atomic mass is 35.5. The Morgan fingerprint density at radius 2 is 2.33 bits per heavy atom. The third-order valence-corrected chi connectivity index (χ3v) is 6.16. The highest BCUT2D eigenvalue weighted by Crippen LogP contribution is 2.41. The summed E-state index contributed by atoms with van der Waals surface area (Å²) in [4.78, 5) is 18.8. The first-order valence-corrected chi connectivity index (χ1v) is 9.80. The maximum absolute atomic E-state index is 14.3. The number of rotatable bonds is 4. The van der Waals surface area contributed by atoms with E-state index in [-0.39, 0.29) is 29.4 Å². The molecule has 2 fully saturated rings. The van der Waals surface area contributed by atoms with E-state index in [2.05, 4.69) is 21.5 Å². The molecule has 0 saturated carbocycles. The van der Waals surface area contributed by atoms with Gasteiger partial charge in [-0.2, -0.15) is 4.39 Å². The normalized spacial score (nSPS) is 24.9. The zero-order chi connectivity index (χ0) is 17.4. The lowest BCUT2D eigenvalue weighted by atomic mass is 10.1. The van der Waals surface area contributed by atoms with Crippen LogP contribution in [0.3, 0.4) is 0 Å². The minimum Gasteiger partial charge on any atom is -0.463 e. The van der Waals surface area contributed by atoms with Gasteiger partial charge in [0.05, 0.1) is 23.7 Å². The van der Waals surface area contributed by atoms with E-state index in [1.807, 2.05) is 0 Å². The van der Waals surface area contributed by atoms with Gasteiger partial charge in [0.2, 0.25) is 5.13 Å². The molecule has 3 rings (SSSR count). The van der Waals surface area contributed by atoms with Crippen LogP contribution in [0.25, 0.3) is 0 Å². The number of amidine groups is 1. The molecule has 0 bridgehead atoms. The number of nitrogens with zero attached hydrogens (tertiary/aromatic N) is 2. The molecule has 0 aromatic carbocycles. The second-order valence-electron chi connectivity index (χ2n) is 6.30. The molecule has 1 aromatic rings. The third kappa shape index (κ3) is 3.71. The summed E-state index contributed by atoms with van der Waals surface area (Å²) < 4.78 is 22.7. The van der Waals surface area contributed by atoms with Crippen LogP contribution >= 0.6 is 34.9 Å². The average molecular weight is 392 g/mol. The number of thiophene rings is 1. The minimum absolute atomic E-state index is 0.0434. The van der Waals surface area contributed by atoms with E-state index in [4.69, 9.17) is 16.3 Å². The van der Waals surface area contributed by atoms with Gasteiger partial charge in [-0.1, -0.05) is 18.5 Å². The van der Waals surface area contributed by atoms with Crippen LogP contribution in [0.1, 0.15) is 32.1 Å². The van der Waals surface area contributed by atoms with Crippen molar-refractivity contribution >= 4 is 51.7 Å². The van der Waals surface area contributed by atoms with Crippen molar-refractivity contribution in [2.45, 2.75) is 45.9 Å². The van der Waals surface area contributed by atoms with Crippen LogP contribution < -0.4 is 4.72 Å². The van der Waals surface area contributed by atoms with Gasteiger partial charge < -0.3 is 9.64 Å². The summed E-state index contributed by atoms with van der Waals surface area (Å²) in [5.74, 6) is 0.149. The van der Waals surface area contributed by atoms with E-state index in [0.717, 1.165) is 29.5 Å². The van der Waals surface area contributed by atoms with Gasteiger partial charge >= 0.3 is 5.97 Å². The molecule has 1 N–H and O–H groups in total. The van der Waals surface area contributed by atoms with Crippen molar-refractivity contribution in [3.63, 3.8) is 0 Å². The van der Waals surface area contributed by atoms with E-state index in [0.29, 0.717) is 10.8 Å². The number of fused-ring (bicyclic) bond motifs is 1. The summed E-state index contributed by atoms with van der Waals surface area (Å²) in [6.07, 6.45) is 1.02. The maximum Gasteiger partial charge on any atom is 0.311 e. The van der Waals surface area contributed by atoms with Crippen molar-refractivity contribution in [2.24, 2.45) is 10.9 Å². The number of hydrogen-bond donors (Lipinski definition) is 1. The zero-order valence-corrected chi connectivity index (χ0v) is 16.0. The molecule has 2 aliphatic rings. The van der Waals surface area contributed by atoms with Crippen LogP contribution in [0.4, 0.5) is 10.1 Å². The van der Waals surface area contributed by atoms with Crippen molar-refractivity contribution in [3.05, 3.63) is 15.0 Å². The minimum atomic E-state index is -0.476. The Morgan fingerprint density at radius 1 is 1.58 bits per heavy atom. The van der Waals surface area contributed by atoms with Gasteiger partial charge in [0.25, 0.3) is 0 Å². The molecule has 0 amide bonds. The lowest BCUT2D eigenvalue weighted by Crippen LogP contribution is -2.30. The predicted molar refractivity (Wildman–Crippen MR) is 96.3 cm³/mol. The van der Waals surface area contributed by atoms with Crippen molar-refractivity contribution in [3.8, 4) is 0 Å². The summed E-state index contributed by atoms with van der Waals surface area (Å²) in [6, 6.07) is 0. The number of aliphatic imine (C=N–C) groups is 1. The molecule has 132 valence electrons. The van der Waals surface area contributed by atoms with Crippen LogP contribution in [-0.2, 0) is 16.0 Å². The zero-order valence-electron chi connectivity index (χ0n) is 13.6. The topological polar surface area (TPSA) is 53.9 Å². The number of esters is 1. The molecule has 2 saturated heterocycles. The fourth-order valence-corrected chi connectivity index (χ4v) is 4.91. The quantitative estimate of drug-likeness (QED) is 0.622. The summed E-state index contributed by atoms with van der Waals surface area (Å²) in [7, 11) is 0. The molecule has 3 heterocycles. The highest BCUT2D eigenvalue weighted by molar-refractivity contribution is 8.12. The van der Waals surface area contributed by atoms with Gasteiger partial charge in [-0.25, -0.2) is 9.71 Å². The van der Waals surface area contributed by atoms with E-state index in [1.165, 1.54) is 11.9 Å². The monoisotopic (exact) mass is 391 g/mol. The van der Waals surface area contributed by atoms with E-state index in [1.54, 1.807) is 13.8 Å². The summed E-state index contributed by atoms with van der Waals surface area (Å²) in [5, 5.41) is 0.442. The first-order valence-electron chi connectivity index (χ1n) is 7.79. The van der Waals surface area contributed by atoms with E-state index >= 15 is 0 Å². The lowest BCUT2D eigenvalue weighted by molar-refractivity contribution is -0.146. The summed E-state index contributed by atoms with van der Waals surface area (Å²) in [5.41, 5.74) is 0.110. The first-order chi connectivity index (χ1) is 11.3. The second-order valence-corrected chi connectivity index (χ2v) is 8.54. The van der Waals surface area contributed by atoms with Crippen molar-refractivity contribution in [1.82, 2.24) is 9.62 Å². The Kier molecular flexibility index (Phi) is 5.39. The summed E-state index contributed by atoms with van der Waals surface area (Å²) >= 11 is 8.51. The molecular formula is C15H19ClFN3O2S2. The van der Waals surface area contributed by atoms with Crippen LogP contribution in [-0.4, -0.2) is 34.9 Å². The molecular weight excluding hydrogens is 373 g/mol. The van der Waals surface area contributed by atoms with E-state index < -0.39 is 11.1 Å². The van der Waals surface area contributed by atoms with Crippen LogP contribution in [0.15, 0.2) is 4.99 Å².